The molecule has 0 aliphatic rings. The van der Waals surface area contributed by atoms with Crippen molar-refractivity contribution >= 4 is 0 Å². The molecule has 0 fully saturated rings. The molecule has 0 saturated carbocycles. The van der Waals surface area contributed by atoms with Gasteiger partial charge in [-0.15, -0.1) is 0 Å². The summed E-state index contributed by atoms with van der Waals surface area (Å²) in [6.07, 6.45) is 8.31. The number of ether oxygens (including phenoxy) is 1. The molecule has 1 rings (SSSR count). The van der Waals surface area contributed by atoms with Gasteiger partial charge in [0.2, 0.25) is 0 Å². The Labute approximate surface area is 117 Å². The summed E-state index contributed by atoms with van der Waals surface area (Å²) in [5, 5.41) is 0. The van der Waals surface area contributed by atoms with Crippen LogP contribution in [0.5, 0.6) is 0 Å². The van der Waals surface area contributed by atoms with Crippen molar-refractivity contribution in [3.8, 4) is 0 Å². The van der Waals surface area contributed by atoms with Gasteiger partial charge in [-0.1, -0.05) is 75.4 Å². The Morgan fingerprint density at radius 1 is 1.26 bits per heavy atom. The highest BCUT2D eigenvalue weighted by Crippen LogP contribution is 2.29. The second kappa shape index (κ2) is 9.24. The van der Waals surface area contributed by atoms with Crippen molar-refractivity contribution in [2.45, 2.75) is 45.6 Å². The minimum Gasteiger partial charge on any atom is -0.481 e. The quantitative estimate of drug-likeness (QED) is 0.335. The Balaban J connectivity index is 3.02. The van der Waals surface area contributed by atoms with Crippen molar-refractivity contribution in [3.63, 3.8) is 0 Å². The highest BCUT2D eigenvalue weighted by molar-refractivity contribution is 5.26. The molecule has 102 valence electrons. The van der Waals surface area contributed by atoms with Gasteiger partial charge in [0, 0.05) is 0 Å². The predicted octanol–water partition coefficient (Wildman–Crippen LogP) is 5.57. The highest BCUT2D eigenvalue weighted by atomic mass is 16.5. The number of unbranched alkanes of at least 4 members (excludes halogenated alkanes) is 1. The number of hydrogen-bond donors (Lipinski definition) is 0. The van der Waals surface area contributed by atoms with Gasteiger partial charge >= 0.3 is 0 Å². The van der Waals surface area contributed by atoms with Crippen LogP contribution in [0, 0.1) is 0 Å². The van der Waals surface area contributed by atoms with Crippen molar-refractivity contribution in [1.82, 2.24) is 0 Å². The molecule has 1 unspecified atom stereocenters. The summed E-state index contributed by atoms with van der Waals surface area (Å²) >= 11 is 0. The van der Waals surface area contributed by atoms with Crippen LogP contribution in [-0.2, 0) is 4.74 Å². The van der Waals surface area contributed by atoms with Crippen molar-refractivity contribution in [3.05, 3.63) is 66.1 Å². The van der Waals surface area contributed by atoms with E-state index in [-0.39, 0.29) is 6.10 Å². The van der Waals surface area contributed by atoms with E-state index >= 15 is 0 Å². The molecule has 0 spiro atoms. The number of rotatable bonds is 8. The maximum absolute atomic E-state index is 5.82. The molecule has 0 bridgehead atoms. The maximum atomic E-state index is 5.82. The van der Waals surface area contributed by atoms with Crippen LogP contribution in [0.15, 0.2) is 60.6 Å². The van der Waals surface area contributed by atoms with Crippen LogP contribution in [0.3, 0.4) is 0 Å². The van der Waals surface area contributed by atoms with Crippen LogP contribution >= 0.6 is 0 Å². The van der Waals surface area contributed by atoms with E-state index in [1.807, 2.05) is 18.2 Å². The Morgan fingerprint density at radius 2 is 2.00 bits per heavy atom. The molecule has 0 heterocycles. The van der Waals surface area contributed by atoms with Crippen LogP contribution in [0.25, 0.3) is 0 Å². The summed E-state index contributed by atoms with van der Waals surface area (Å²) in [6.45, 7) is 7.96. The highest BCUT2D eigenvalue weighted by Gasteiger charge is 2.16. The van der Waals surface area contributed by atoms with Gasteiger partial charge in [0.15, 0.2) is 0 Å². The van der Waals surface area contributed by atoms with E-state index in [4.69, 9.17) is 4.74 Å². The van der Waals surface area contributed by atoms with E-state index in [1.165, 1.54) is 11.1 Å². The van der Waals surface area contributed by atoms with Crippen LogP contribution in [0.4, 0.5) is 0 Å². The summed E-state index contributed by atoms with van der Waals surface area (Å²) < 4.78 is 5.82. The predicted molar refractivity (Wildman–Crippen MR) is 81.9 cm³/mol. The van der Waals surface area contributed by atoms with Crippen molar-refractivity contribution in [2.75, 3.05) is 0 Å². The Hall–Kier alpha value is -1.72. The topological polar surface area (TPSA) is 9.23 Å². The first-order valence-corrected chi connectivity index (χ1v) is 7.07. The van der Waals surface area contributed by atoms with E-state index in [2.05, 4.69) is 44.4 Å². The zero-order valence-electron chi connectivity index (χ0n) is 12.1. The van der Waals surface area contributed by atoms with Gasteiger partial charge in [-0.2, -0.15) is 0 Å². The summed E-state index contributed by atoms with van der Waals surface area (Å²) in [5.41, 5.74) is 5.23. The zero-order chi connectivity index (χ0) is 13.9. The second-order valence-electron chi connectivity index (χ2n) is 4.57. The van der Waals surface area contributed by atoms with E-state index in [9.17, 15) is 0 Å². The third-order valence-corrected chi connectivity index (χ3v) is 2.96. The van der Waals surface area contributed by atoms with Crippen LogP contribution < -0.4 is 0 Å². The average Bonchev–Trinajstić information content (AvgIpc) is 2.46. The lowest BCUT2D eigenvalue weighted by Gasteiger charge is -2.20. The Kier molecular flexibility index (Phi) is 7.46. The number of benzene rings is 1. The lowest BCUT2D eigenvalue weighted by molar-refractivity contribution is 0.175. The molecule has 1 heteroatoms. The van der Waals surface area contributed by atoms with Gasteiger partial charge < -0.3 is 4.74 Å². The van der Waals surface area contributed by atoms with Crippen LogP contribution in [0.1, 0.15) is 51.2 Å². The molecule has 0 aliphatic heterocycles. The molecular weight excluding hydrogens is 232 g/mol. The molecule has 0 amide bonds. The van der Waals surface area contributed by atoms with E-state index in [1.54, 1.807) is 6.26 Å². The summed E-state index contributed by atoms with van der Waals surface area (Å²) in [6, 6.07) is 10.3. The molecule has 1 aromatic rings. The molecule has 0 N–H and O–H groups in total. The third-order valence-electron chi connectivity index (χ3n) is 2.96. The third kappa shape index (κ3) is 5.19. The minimum atomic E-state index is -0.0121. The van der Waals surface area contributed by atoms with Crippen molar-refractivity contribution in [1.29, 1.82) is 0 Å². The molecule has 19 heavy (non-hydrogen) atoms. The molecule has 0 aromatic heterocycles. The first-order valence-electron chi connectivity index (χ1n) is 7.07. The lowest BCUT2D eigenvalue weighted by Crippen LogP contribution is -2.05. The maximum Gasteiger partial charge on any atom is 0.145 e. The van der Waals surface area contributed by atoms with Crippen LogP contribution in [0.2, 0.25) is 0 Å². The first-order chi connectivity index (χ1) is 9.33. The van der Waals surface area contributed by atoms with Gasteiger partial charge in [0.25, 0.3) is 0 Å². The molecular formula is C18H24O. The van der Waals surface area contributed by atoms with Gasteiger partial charge in [-0.3, -0.25) is 0 Å². The minimum absolute atomic E-state index is 0.0121. The van der Waals surface area contributed by atoms with E-state index in [0.29, 0.717) is 0 Å². The number of hydrogen-bond acceptors (Lipinski definition) is 1. The van der Waals surface area contributed by atoms with Gasteiger partial charge in [-0.05, 0) is 24.0 Å². The second-order valence-corrected chi connectivity index (χ2v) is 4.57. The normalized spacial score (nSPS) is 12.6. The molecule has 0 saturated heterocycles. The Bertz CT molecular complexity index is 424. The first kappa shape index (κ1) is 15.3. The SMILES string of the molecule is C=C=COC(C(=CCCC)CCC)c1ccccc1. The van der Waals surface area contributed by atoms with Crippen molar-refractivity contribution in [2.24, 2.45) is 0 Å². The summed E-state index contributed by atoms with van der Waals surface area (Å²) in [4.78, 5) is 0. The molecule has 1 atom stereocenters. The molecule has 0 radical (unpaired) electrons. The number of allylic oxidation sites excluding steroid dienone is 1. The fourth-order valence-corrected chi connectivity index (χ4v) is 2.08. The largest absolute Gasteiger partial charge is 0.481 e. The average molecular weight is 256 g/mol. The molecule has 1 nitrogen and oxygen atoms in total. The molecule has 0 aliphatic carbocycles. The standard InChI is InChI=1S/C18H24O/c1-4-7-12-16(11-5-2)18(19-15-6-3)17-13-9-8-10-14-17/h8-10,12-15,18H,3-5,7,11H2,1-2H3. The fourth-order valence-electron chi connectivity index (χ4n) is 2.08. The van der Waals surface area contributed by atoms with Gasteiger partial charge in [-0.25, -0.2) is 0 Å². The zero-order valence-corrected chi connectivity index (χ0v) is 12.1. The van der Waals surface area contributed by atoms with E-state index in [0.717, 1.165) is 25.7 Å². The van der Waals surface area contributed by atoms with Crippen LogP contribution in [-0.4, -0.2) is 0 Å². The lowest BCUT2D eigenvalue weighted by atomic mass is 9.96. The summed E-state index contributed by atoms with van der Waals surface area (Å²) in [7, 11) is 0. The fraction of sp³-hybridized carbons (Fsp3) is 0.389. The van der Waals surface area contributed by atoms with Gasteiger partial charge in [0.1, 0.15) is 12.4 Å². The summed E-state index contributed by atoms with van der Waals surface area (Å²) in [5.74, 6) is 0. The van der Waals surface area contributed by atoms with Gasteiger partial charge in [0.05, 0.1) is 0 Å². The monoisotopic (exact) mass is 256 g/mol. The van der Waals surface area contributed by atoms with E-state index < -0.39 is 0 Å². The van der Waals surface area contributed by atoms with Crippen molar-refractivity contribution < 1.29 is 4.74 Å². The Morgan fingerprint density at radius 3 is 2.58 bits per heavy atom. The smallest absolute Gasteiger partial charge is 0.145 e. The molecule has 1 aromatic carbocycles.